The van der Waals surface area contributed by atoms with E-state index >= 15 is 0 Å². The number of rotatable bonds is 3. The Hall–Kier alpha value is -3.15. The van der Waals surface area contributed by atoms with Gasteiger partial charge < -0.3 is 10.2 Å². The molecule has 0 unspecified atom stereocenters. The Morgan fingerprint density at radius 1 is 1.07 bits per heavy atom. The summed E-state index contributed by atoms with van der Waals surface area (Å²) in [5.74, 6) is 0.488. The lowest BCUT2D eigenvalue weighted by atomic mass is 9.99. The van der Waals surface area contributed by atoms with Crippen molar-refractivity contribution < 1.29 is 9.59 Å². The van der Waals surface area contributed by atoms with Crippen molar-refractivity contribution in [3.63, 3.8) is 0 Å². The van der Waals surface area contributed by atoms with Crippen LogP contribution in [0.4, 0.5) is 5.69 Å². The molecule has 3 aromatic rings. The fraction of sp³-hybridized carbons (Fsp3) is 0.348. The van der Waals surface area contributed by atoms with Gasteiger partial charge >= 0.3 is 0 Å². The number of aromatic nitrogens is 2. The summed E-state index contributed by atoms with van der Waals surface area (Å²) in [5, 5.41) is 2.92. The molecular weight excluding hydrogens is 364 g/mol. The maximum atomic E-state index is 13.1. The van der Waals surface area contributed by atoms with E-state index in [1.165, 1.54) is 5.56 Å². The molecule has 1 aliphatic rings. The molecule has 0 aliphatic carbocycles. The summed E-state index contributed by atoms with van der Waals surface area (Å²) in [6.45, 7) is 7.70. The lowest BCUT2D eigenvalue weighted by Crippen LogP contribution is -2.38. The van der Waals surface area contributed by atoms with E-state index in [-0.39, 0.29) is 17.5 Å². The molecule has 150 valence electrons. The molecule has 1 aromatic carbocycles. The molecule has 0 bridgehead atoms. The fourth-order valence-electron chi connectivity index (χ4n) is 3.72. The number of hydrogen-bond acceptors (Lipinski definition) is 3. The van der Waals surface area contributed by atoms with Crippen LogP contribution in [0.5, 0.6) is 0 Å². The summed E-state index contributed by atoms with van der Waals surface area (Å²) in [5.41, 5.74) is 3.88. The minimum Gasteiger partial charge on any atom is -0.336 e. The number of anilines is 1. The highest BCUT2D eigenvalue weighted by Crippen LogP contribution is 2.21. The average Bonchev–Trinajstić information content (AvgIpc) is 3.11. The van der Waals surface area contributed by atoms with E-state index in [2.05, 4.69) is 17.2 Å². The van der Waals surface area contributed by atoms with Crippen molar-refractivity contribution in [1.29, 1.82) is 0 Å². The Balaban J connectivity index is 1.65. The lowest BCUT2D eigenvalue weighted by Gasteiger charge is -2.29. The maximum Gasteiger partial charge on any atom is 0.290 e. The molecule has 0 spiro atoms. The minimum atomic E-state index is -0.316. The molecule has 6 nitrogen and oxygen atoms in total. The molecule has 2 aromatic heterocycles. The van der Waals surface area contributed by atoms with E-state index in [0.717, 1.165) is 31.5 Å². The lowest BCUT2D eigenvalue weighted by molar-refractivity contribution is 0.0684. The first-order valence-corrected chi connectivity index (χ1v) is 10.1. The number of hydrogen-bond donors (Lipinski definition) is 1. The van der Waals surface area contributed by atoms with Crippen molar-refractivity contribution in [3.8, 4) is 0 Å². The van der Waals surface area contributed by atoms with Crippen LogP contribution in [-0.4, -0.2) is 39.2 Å². The first-order chi connectivity index (χ1) is 13.9. The third-order valence-corrected chi connectivity index (χ3v) is 5.79. The molecule has 2 amide bonds. The number of aryl methyl sites for hydroxylation is 2. The standard InChI is InChI=1S/C23H26N4O2/c1-15-9-12-26(13-10-15)23(29)21-25-20(19-6-4-5-11-27(19)21)22(28)24-18-8-7-16(2)17(3)14-18/h4-8,11,14-15H,9-10,12-13H2,1-3H3,(H,24,28). The van der Waals surface area contributed by atoms with Crippen molar-refractivity contribution in [2.24, 2.45) is 5.92 Å². The molecule has 29 heavy (non-hydrogen) atoms. The summed E-state index contributed by atoms with van der Waals surface area (Å²) in [7, 11) is 0. The SMILES string of the molecule is Cc1ccc(NC(=O)c2nc(C(=O)N3CCC(C)CC3)n3ccccc23)cc1C. The number of carbonyl (C=O) groups excluding carboxylic acids is 2. The van der Waals surface area contributed by atoms with E-state index < -0.39 is 0 Å². The fourth-order valence-corrected chi connectivity index (χ4v) is 3.72. The molecule has 0 saturated carbocycles. The molecule has 0 radical (unpaired) electrons. The Kier molecular flexibility index (Phi) is 5.09. The van der Waals surface area contributed by atoms with Gasteiger partial charge in [-0.25, -0.2) is 4.98 Å². The second kappa shape index (κ2) is 7.70. The van der Waals surface area contributed by atoms with Crippen LogP contribution >= 0.6 is 0 Å². The number of piperidine rings is 1. The highest BCUT2D eigenvalue weighted by molar-refractivity contribution is 6.09. The summed E-state index contributed by atoms with van der Waals surface area (Å²) >= 11 is 0. The number of nitrogens with one attached hydrogen (secondary N) is 1. The van der Waals surface area contributed by atoms with E-state index in [1.807, 2.05) is 55.1 Å². The van der Waals surface area contributed by atoms with Gasteiger partial charge in [-0.15, -0.1) is 0 Å². The molecule has 1 fully saturated rings. The van der Waals surface area contributed by atoms with Gasteiger partial charge in [0.1, 0.15) is 0 Å². The van der Waals surface area contributed by atoms with Crippen molar-refractivity contribution >= 4 is 23.0 Å². The first kappa shape index (κ1) is 19.2. The number of likely N-dealkylation sites (tertiary alicyclic amines) is 1. The number of carbonyl (C=O) groups is 2. The Morgan fingerprint density at radius 2 is 1.83 bits per heavy atom. The molecular formula is C23H26N4O2. The topological polar surface area (TPSA) is 66.7 Å². The molecule has 0 atom stereocenters. The van der Waals surface area contributed by atoms with Crippen LogP contribution in [0.2, 0.25) is 0 Å². The Labute approximate surface area is 170 Å². The van der Waals surface area contributed by atoms with E-state index in [1.54, 1.807) is 10.6 Å². The monoisotopic (exact) mass is 390 g/mol. The van der Waals surface area contributed by atoms with Crippen LogP contribution in [0.3, 0.4) is 0 Å². The van der Waals surface area contributed by atoms with E-state index in [9.17, 15) is 9.59 Å². The summed E-state index contributed by atoms with van der Waals surface area (Å²) in [6.07, 6.45) is 3.78. The van der Waals surface area contributed by atoms with Gasteiger partial charge in [-0.1, -0.05) is 19.1 Å². The van der Waals surface area contributed by atoms with Crippen molar-refractivity contribution in [3.05, 3.63) is 65.2 Å². The largest absolute Gasteiger partial charge is 0.336 e. The average molecular weight is 390 g/mol. The minimum absolute atomic E-state index is 0.122. The van der Waals surface area contributed by atoms with Crippen LogP contribution in [0.1, 0.15) is 52.0 Å². The van der Waals surface area contributed by atoms with Crippen LogP contribution in [0.15, 0.2) is 42.6 Å². The molecule has 1 aliphatic heterocycles. The zero-order valence-electron chi connectivity index (χ0n) is 17.1. The molecule has 3 heterocycles. The number of benzene rings is 1. The Morgan fingerprint density at radius 3 is 2.55 bits per heavy atom. The molecule has 4 rings (SSSR count). The quantitative estimate of drug-likeness (QED) is 0.733. The number of amides is 2. The highest BCUT2D eigenvalue weighted by atomic mass is 16.2. The smallest absolute Gasteiger partial charge is 0.290 e. The van der Waals surface area contributed by atoms with Crippen LogP contribution in [0, 0.1) is 19.8 Å². The normalized spacial score (nSPS) is 14.9. The van der Waals surface area contributed by atoms with Crippen molar-refractivity contribution in [1.82, 2.24) is 14.3 Å². The van der Waals surface area contributed by atoms with E-state index in [0.29, 0.717) is 22.9 Å². The Bertz CT molecular complexity index is 1080. The van der Waals surface area contributed by atoms with Crippen LogP contribution in [0.25, 0.3) is 5.52 Å². The summed E-state index contributed by atoms with van der Waals surface area (Å²) in [6, 6.07) is 11.3. The predicted octanol–water partition coefficient (Wildman–Crippen LogP) is 4.08. The summed E-state index contributed by atoms with van der Waals surface area (Å²) in [4.78, 5) is 32.4. The summed E-state index contributed by atoms with van der Waals surface area (Å²) < 4.78 is 1.72. The second-order valence-corrected chi connectivity index (χ2v) is 7.97. The third kappa shape index (κ3) is 3.75. The van der Waals surface area contributed by atoms with E-state index in [4.69, 9.17) is 0 Å². The number of fused-ring (bicyclic) bond motifs is 1. The molecule has 6 heteroatoms. The van der Waals surface area contributed by atoms with Crippen molar-refractivity contribution in [2.45, 2.75) is 33.6 Å². The van der Waals surface area contributed by atoms with Gasteiger partial charge in [0.25, 0.3) is 11.8 Å². The van der Waals surface area contributed by atoms with Gasteiger partial charge in [-0.2, -0.15) is 0 Å². The zero-order valence-corrected chi connectivity index (χ0v) is 17.1. The van der Waals surface area contributed by atoms with Crippen molar-refractivity contribution in [2.75, 3.05) is 18.4 Å². The second-order valence-electron chi connectivity index (χ2n) is 7.97. The van der Waals surface area contributed by atoms with Gasteiger partial charge in [-0.05, 0) is 68.0 Å². The number of nitrogens with zero attached hydrogens (tertiary/aromatic N) is 3. The van der Waals surface area contributed by atoms with Gasteiger partial charge in [0.05, 0.1) is 5.52 Å². The first-order valence-electron chi connectivity index (χ1n) is 10.1. The highest BCUT2D eigenvalue weighted by Gasteiger charge is 2.27. The molecule has 1 saturated heterocycles. The van der Waals surface area contributed by atoms with Gasteiger partial charge in [0.15, 0.2) is 5.69 Å². The van der Waals surface area contributed by atoms with Crippen LogP contribution in [-0.2, 0) is 0 Å². The number of imidazole rings is 1. The molecule has 1 N–H and O–H groups in total. The van der Waals surface area contributed by atoms with Gasteiger partial charge in [0.2, 0.25) is 5.82 Å². The predicted molar refractivity (Wildman–Crippen MR) is 113 cm³/mol. The maximum absolute atomic E-state index is 13.1. The van der Waals surface area contributed by atoms with Gasteiger partial charge in [-0.3, -0.25) is 14.0 Å². The van der Waals surface area contributed by atoms with Crippen LogP contribution < -0.4 is 5.32 Å². The van der Waals surface area contributed by atoms with Gasteiger partial charge in [0, 0.05) is 25.0 Å². The number of pyridine rings is 1. The zero-order chi connectivity index (χ0) is 20.5. The third-order valence-electron chi connectivity index (χ3n) is 5.79.